The zero-order valence-corrected chi connectivity index (χ0v) is 12.9. The summed E-state index contributed by atoms with van der Waals surface area (Å²) in [7, 11) is 0. The van der Waals surface area contributed by atoms with Crippen molar-refractivity contribution in [3.8, 4) is 0 Å². The molecule has 120 valence electrons. The van der Waals surface area contributed by atoms with Gasteiger partial charge >= 0.3 is 5.97 Å². The third-order valence-corrected chi connectivity index (χ3v) is 2.35. The van der Waals surface area contributed by atoms with E-state index in [1.807, 2.05) is 0 Å². The second-order valence-corrected chi connectivity index (χ2v) is 4.48. The highest BCUT2D eigenvalue weighted by atomic mass is 16.6. The van der Waals surface area contributed by atoms with Gasteiger partial charge in [0.2, 0.25) is 5.91 Å². The zero-order valence-electron chi connectivity index (χ0n) is 12.9. The number of hydrogen-bond acceptors (Lipinski definition) is 5. The molecular weight excluding hydrogens is 274 g/mol. The van der Waals surface area contributed by atoms with Crippen molar-refractivity contribution in [1.82, 2.24) is 5.32 Å². The number of ether oxygens (including phenoxy) is 3. The van der Waals surface area contributed by atoms with Crippen LogP contribution in [0.1, 0.15) is 26.7 Å². The highest BCUT2D eigenvalue weighted by Crippen LogP contribution is 2.08. The number of nitrogens with one attached hydrogen (secondary N) is 1. The fourth-order valence-corrected chi connectivity index (χ4v) is 0.984. The molecule has 0 saturated carbocycles. The lowest BCUT2D eigenvalue weighted by molar-refractivity contribution is -0.138. The van der Waals surface area contributed by atoms with Crippen LogP contribution in [0.2, 0.25) is 0 Å². The lowest BCUT2D eigenvalue weighted by Gasteiger charge is -2.04. The van der Waals surface area contributed by atoms with Crippen LogP contribution in [-0.2, 0) is 23.8 Å². The molecule has 1 fully saturated rings. The Labute approximate surface area is 126 Å². The Hall–Kier alpha value is -1.66. The minimum Gasteiger partial charge on any atom is -0.460 e. The quantitative estimate of drug-likeness (QED) is 0.230. The first-order chi connectivity index (χ1) is 10.0. The molecule has 0 aromatic heterocycles. The van der Waals surface area contributed by atoms with Gasteiger partial charge in [0.1, 0.15) is 19.4 Å². The molecule has 0 aromatic rings. The minimum absolute atomic E-state index is 0.147. The molecule has 0 radical (unpaired) electrons. The summed E-state index contributed by atoms with van der Waals surface area (Å²) in [6.07, 6.45) is 3.42. The van der Waals surface area contributed by atoms with Crippen LogP contribution in [-0.4, -0.2) is 44.5 Å². The van der Waals surface area contributed by atoms with Crippen molar-refractivity contribution >= 4 is 11.9 Å². The van der Waals surface area contributed by atoms with Gasteiger partial charge in [-0.15, -0.1) is 0 Å². The summed E-state index contributed by atoms with van der Waals surface area (Å²) >= 11 is 0. The van der Waals surface area contributed by atoms with Gasteiger partial charge in [0.15, 0.2) is 0 Å². The summed E-state index contributed by atoms with van der Waals surface area (Å²) in [6, 6.07) is 0. The first-order valence-electron chi connectivity index (χ1n) is 6.93. The Kier molecular flexibility index (Phi) is 11.2. The first kappa shape index (κ1) is 19.3. The largest absolute Gasteiger partial charge is 0.460 e. The first-order valence-corrected chi connectivity index (χ1v) is 6.93. The third kappa shape index (κ3) is 13.1. The smallest absolute Gasteiger partial charge is 0.330 e. The molecule has 6 nitrogen and oxygen atoms in total. The van der Waals surface area contributed by atoms with E-state index in [-0.39, 0.29) is 24.7 Å². The SMILES string of the molecule is C=C(C)C(=O)NCOCCCC.C=CC(=O)OCC1CO1. The summed E-state index contributed by atoms with van der Waals surface area (Å²) in [6.45, 7) is 12.6. The van der Waals surface area contributed by atoms with E-state index in [2.05, 4.69) is 30.1 Å². The van der Waals surface area contributed by atoms with Crippen molar-refractivity contribution in [2.45, 2.75) is 32.8 Å². The highest BCUT2D eigenvalue weighted by molar-refractivity contribution is 5.91. The molecule has 1 N–H and O–H groups in total. The maximum Gasteiger partial charge on any atom is 0.330 e. The molecule has 6 heteroatoms. The number of carbonyl (C=O) groups is 2. The van der Waals surface area contributed by atoms with Gasteiger partial charge in [-0.3, -0.25) is 4.79 Å². The van der Waals surface area contributed by atoms with E-state index in [1.54, 1.807) is 6.92 Å². The monoisotopic (exact) mass is 299 g/mol. The highest BCUT2D eigenvalue weighted by Gasteiger charge is 2.23. The van der Waals surface area contributed by atoms with E-state index < -0.39 is 0 Å². The summed E-state index contributed by atoms with van der Waals surface area (Å²) in [5, 5.41) is 2.58. The number of epoxide rings is 1. The van der Waals surface area contributed by atoms with E-state index in [0.717, 1.165) is 18.9 Å². The molecule has 21 heavy (non-hydrogen) atoms. The van der Waals surface area contributed by atoms with E-state index in [9.17, 15) is 9.59 Å². The topological polar surface area (TPSA) is 77.2 Å². The molecular formula is C15H25NO5. The molecule has 0 spiro atoms. The molecule has 1 heterocycles. The molecule has 1 aliphatic rings. The van der Waals surface area contributed by atoms with E-state index >= 15 is 0 Å². The molecule has 0 bridgehead atoms. The Balaban J connectivity index is 0.000000394. The van der Waals surface area contributed by atoms with Crippen LogP contribution in [0.3, 0.4) is 0 Å². The van der Waals surface area contributed by atoms with Gasteiger partial charge in [0.05, 0.1) is 6.61 Å². The minimum atomic E-state index is -0.384. The molecule has 1 aliphatic heterocycles. The predicted octanol–water partition coefficient (Wildman–Crippen LogP) is 1.57. The lowest BCUT2D eigenvalue weighted by Crippen LogP contribution is -2.26. The van der Waals surface area contributed by atoms with Crippen molar-refractivity contribution < 1.29 is 23.8 Å². The average Bonchev–Trinajstić information content (AvgIpc) is 3.29. The van der Waals surface area contributed by atoms with Crippen LogP contribution in [0.15, 0.2) is 24.8 Å². The Morgan fingerprint density at radius 2 is 2.14 bits per heavy atom. The van der Waals surface area contributed by atoms with Crippen molar-refractivity contribution in [2.24, 2.45) is 0 Å². The summed E-state index contributed by atoms with van der Waals surface area (Å²) < 4.78 is 14.5. The second kappa shape index (κ2) is 12.1. The number of hydrogen-bond donors (Lipinski definition) is 1. The van der Waals surface area contributed by atoms with E-state index in [0.29, 0.717) is 25.4 Å². The van der Waals surface area contributed by atoms with Gasteiger partial charge in [-0.25, -0.2) is 4.79 Å². The third-order valence-electron chi connectivity index (χ3n) is 2.35. The molecule has 1 saturated heterocycles. The van der Waals surface area contributed by atoms with Crippen LogP contribution in [0.4, 0.5) is 0 Å². The fraction of sp³-hybridized carbons (Fsp3) is 0.600. The maximum absolute atomic E-state index is 10.9. The van der Waals surface area contributed by atoms with Crippen LogP contribution in [0.25, 0.3) is 0 Å². The number of amides is 1. The summed E-state index contributed by atoms with van der Waals surface area (Å²) in [5.41, 5.74) is 0.508. The van der Waals surface area contributed by atoms with Gasteiger partial charge in [0, 0.05) is 18.3 Å². The zero-order chi connectivity index (χ0) is 16.1. The molecule has 1 amide bonds. The predicted molar refractivity (Wildman–Crippen MR) is 79.6 cm³/mol. The summed E-state index contributed by atoms with van der Waals surface area (Å²) in [4.78, 5) is 21.2. The molecule has 1 atom stereocenters. The normalized spacial score (nSPS) is 15.2. The summed E-state index contributed by atoms with van der Waals surface area (Å²) in [5.74, 6) is -0.531. The van der Waals surface area contributed by atoms with E-state index in [1.165, 1.54) is 0 Å². The Morgan fingerprint density at radius 1 is 1.48 bits per heavy atom. The second-order valence-electron chi connectivity index (χ2n) is 4.48. The van der Waals surface area contributed by atoms with Crippen LogP contribution in [0.5, 0.6) is 0 Å². The van der Waals surface area contributed by atoms with Crippen molar-refractivity contribution in [3.63, 3.8) is 0 Å². The van der Waals surface area contributed by atoms with Crippen LogP contribution >= 0.6 is 0 Å². The van der Waals surface area contributed by atoms with Crippen LogP contribution in [0, 0.1) is 0 Å². The molecule has 1 unspecified atom stereocenters. The van der Waals surface area contributed by atoms with Gasteiger partial charge < -0.3 is 19.5 Å². The molecule has 0 aromatic carbocycles. The average molecular weight is 299 g/mol. The molecule has 0 aliphatic carbocycles. The van der Waals surface area contributed by atoms with Gasteiger partial charge in [0.25, 0.3) is 0 Å². The number of carbonyl (C=O) groups excluding carboxylic acids is 2. The Morgan fingerprint density at radius 3 is 2.62 bits per heavy atom. The van der Waals surface area contributed by atoms with Crippen molar-refractivity contribution in [3.05, 3.63) is 24.8 Å². The van der Waals surface area contributed by atoms with Crippen LogP contribution < -0.4 is 5.32 Å². The maximum atomic E-state index is 10.9. The van der Waals surface area contributed by atoms with Gasteiger partial charge in [-0.05, 0) is 13.3 Å². The number of esters is 1. The van der Waals surface area contributed by atoms with Gasteiger partial charge in [-0.1, -0.05) is 26.5 Å². The Bertz CT molecular complexity index is 350. The standard InChI is InChI=1S/C9H17NO2.C6H8O3/c1-4-5-6-12-7-10-9(11)8(2)3;1-2-6(7)9-4-5-3-8-5/h2,4-7H2,1,3H3,(H,10,11);2,5H,1,3-4H2. The number of rotatable bonds is 9. The molecule has 1 rings (SSSR count). The number of unbranched alkanes of at least 4 members (excludes halogenated alkanes) is 1. The van der Waals surface area contributed by atoms with Crippen molar-refractivity contribution in [2.75, 3.05) is 26.6 Å². The van der Waals surface area contributed by atoms with Crippen molar-refractivity contribution in [1.29, 1.82) is 0 Å². The van der Waals surface area contributed by atoms with Gasteiger partial charge in [-0.2, -0.15) is 0 Å². The van der Waals surface area contributed by atoms with E-state index in [4.69, 9.17) is 9.47 Å². The lowest BCUT2D eigenvalue weighted by atomic mass is 10.3. The fourth-order valence-electron chi connectivity index (χ4n) is 0.984.